The number of rotatable bonds is 4. The largest absolute Gasteiger partial charge is 0.339 e. The molecule has 0 radical (unpaired) electrons. The molecule has 1 aliphatic carbocycles. The van der Waals surface area contributed by atoms with Crippen molar-refractivity contribution in [3.8, 4) is 0 Å². The highest BCUT2D eigenvalue weighted by molar-refractivity contribution is 6.00. The zero-order valence-electron chi connectivity index (χ0n) is 15.5. The van der Waals surface area contributed by atoms with Crippen LogP contribution in [0.2, 0.25) is 0 Å². The zero-order chi connectivity index (χ0) is 19.6. The molecule has 0 bridgehead atoms. The molecule has 2 N–H and O–H groups in total. The molecule has 2 atom stereocenters. The molecule has 8 nitrogen and oxygen atoms in total. The van der Waals surface area contributed by atoms with Crippen LogP contribution in [0.5, 0.6) is 0 Å². The first kappa shape index (κ1) is 18.9. The maximum atomic E-state index is 12.6. The van der Waals surface area contributed by atoms with Crippen LogP contribution in [0.25, 0.3) is 0 Å². The van der Waals surface area contributed by atoms with E-state index in [1.54, 1.807) is 34.1 Å². The summed E-state index contributed by atoms with van der Waals surface area (Å²) < 4.78 is 0. The quantitative estimate of drug-likeness (QED) is 0.821. The van der Waals surface area contributed by atoms with Gasteiger partial charge in [-0.1, -0.05) is 6.07 Å². The minimum Gasteiger partial charge on any atom is -0.339 e. The van der Waals surface area contributed by atoms with Crippen molar-refractivity contribution < 1.29 is 19.2 Å². The normalized spacial score (nSPS) is 21.4. The molecule has 0 aromatic heterocycles. The maximum absolute atomic E-state index is 12.6. The van der Waals surface area contributed by atoms with Crippen molar-refractivity contribution in [2.24, 2.45) is 11.8 Å². The number of piperazine rings is 1. The first-order valence-electron chi connectivity index (χ1n) is 9.08. The van der Waals surface area contributed by atoms with Crippen LogP contribution < -0.4 is 10.6 Å². The lowest BCUT2D eigenvalue weighted by molar-refractivity contribution is -0.139. The van der Waals surface area contributed by atoms with Crippen LogP contribution >= 0.6 is 0 Å². The van der Waals surface area contributed by atoms with E-state index in [1.807, 2.05) is 0 Å². The highest BCUT2D eigenvalue weighted by Gasteiger charge is 2.49. The van der Waals surface area contributed by atoms with Crippen molar-refractivity contribution in [1.29, 1.82) is 0 Å². The Balaban J connectivity index is 1.51. The summed E-state index contributed by atoms with van der Waals surface area (Å²) in [6.45, 7) is 5.06. The highest BCUT2D eigenvalue weighted by Crippen LogP contribution is 2.41. The summed E-state index contributed by atoms with van der Waals surface area (Å²) in [7, 11) is 0. The van der Waals surface area contributed by atoms with E-state index in [0.29, 0.717) is 44.0 Å². The third-order valence-corrected chi connectivity index (χ3v) is 4.93. The van der Waals surface area contributed by atoms with Gasteiger partial charge in [-0.15, -0.1) is 0 Å². The molecule has 4 amide bonds. The Labute approximate surface area is 157 Å². The van der Waals surface area contributed by atoms with Crippen LogP contribution in [0.4, 0.5) is 11.4 Å². The van der Waals surface area contributed by atoms with Crippen LogP contribution in [0.15, 0.2) is 24.3 Å². The number of hydrogen-bond donors (Lipinski definition) is 2. The topological polar surface area (TPSA) is 98.8 Å². The number of carbonyl (C=O) groups excluding carboxylic acids is 4. The molecule has 2 unspecified atom stereocenters. The monoisotopic (exact) mass is 372 g/mol. The Morgan fingerprint density at radius 2 is 1.48 bits per heavy atom. The first-order chi connectivity index (χ1) is 12.8. The third kappa shape index (κ3) is 4.64. The minimum atomic E-state index is -0.326. The summed E-state index contributed by atoms with van der Waals surface area (Å²) in [6, 6.07) is 6.90. The van der Waals surface area contributed by atoms with Gasteiger partial charge in [-0.3, -0.25) is 19.2 Å². The van der Waals surface area contributed by atoms with Gasteiger partial charge >= 0.3 is 0 Å². The van der Waals surface area contributed by atoms with Gasteiger partial charge < -0.3 is 20.4 Å². The Morgan fingerprint density at radius 1 is 0.889 bits per heavy atom. The van der Waals surface area contributed by atoms with Gasteiger partial charge in [0.15, 0.2) is 0 Å². The number of nitrogens with one attached hydrogen (secondary N) is 2. The molecule has 1 aromatic rings. The molecule has 3 rings (SSSR count). The van der Waals surface area contributed by atoms with Crippen molar-refractivity contribution in [2.45, 2.75) is 20.3 Å². The average Bonchev–Trinajstić information content (AvgIpc) is 3.42. The summed E-state index contributed by atoms with van der Waals surface area (Å²) >= 11 is 0. The molecule has 2 aliphatic rings. The van der Waals surface area contributed by atoms with Gasteiger partial charge in [-0.25, -0.2) is 0 Å². The van der Waals surface area contributed by atoms with Crippen LogP contribution in [-0.2, 0) is 19.2 Å². The summed E-state index contributed by atoms with van der Waals surface area (Å²) in [5.74, 6) is -0.968. The predicted octanol–water partition coefficient (Wildman–Crippen LogP) is 0.910. The summed E-state index contributed by atoms with van der Waals surface area (Å²) in [5, 5.41) is 5.48. The number of anilines is 2. The molecule has 1 heterocycles. The lowest BCUT2D eigenvalue weighted by Crippen LogP contribution is -2.50. The smallest absolute Gasteiger partial charge is 0.228 e. The molecule has 1 saturated carbocycles. The Bertz CT molecular complexity index is 771. The van der Waals surface area contributed by atoms with Crippen molar-refractivity contribution in [3.63, 3.8) is 0 Å². The molecule has 1 aromatic carbocycles. The fourth-order valence-electron chi connectivity index (χ4n) is 3.35. The van der Waals surface area contributed by atoms with E-state index in [2.05, 4.69) is 10.6 Å². The van der Waals surface area contributed by atoms with Crippen LogP contribution in [-0.4, -0.2) is 59.6 Å². The molecule has 2 fully saturated rings. The molecular weight excluding hydrogens is 348 g/mol. The number of benzene rings is 1. The van der Waals surface area contributed by atoms with Crippen molar-refractivity contribution in [1.82, 2.24) is 9.80 Å². The van der Waals surface area contributed by atoms with Gasteiger partial charge in [0, 0.05) is 51.4 Å². The number of hydrogen-bond acceptors (Lipinski definition) is 4. The fraction of sp³-hybridized carbons (Fsp3) is 0.474. The van der Waals surface area contributed by atoms with Gasteiger partial charge in [-0.2, -0.15) is 0 Å². The maximum Gasteiger partial charge on any atom is 0.228 e. The Kier molecular flexibility index (Phi) is 5.43. The van der Waals surface area contributed by atoms with E-state index in [9.17, 15) is 19.2 Å². The van der Waals surface area contributed by atoms with Crippen LogP contribution in [0, 0.1) is 11.8 Å². The molecule has 1 saturated heterocycles. The van der Waals surface area contributed by atoms with Crippen LogP contribution in [0.3, 0.4) is 0 Å². The van der Waals surface area contributed by atoms with E-state index in [-0.39, 0.29) is 35.5 Å². The van der Waals surface area contributed by atoms with Gasteiger partial charge in [0.1, 0.15) is 0 Å². The Morgan fingerprint density at radius 3 is 2.07 bits per heavy atom. The zero-order valence-corrected chi connectivity index (χ0v) is 15.5. The van der Waals surface area contributed by atoms with E-state index in [4.69, 9.17) is 0 Å². The lowest BCUT2D eigenvalue weighted by atomic mass is 10.2. The number of nitrogens with zero attached hydrogens (tertiary/aromatic N) is 2. The van der Waals surface area contributed by atoms with Crippen molar-refractivity contribution in [2.75, 3.05) is 36.8 Å². The second-order valence-corrected chi connectivity index (χ2v) is 7.03. The molecule has 27 heavy (non-hydrogen) atoms. The lowest BCUT2D eigenvalue weighted by Gasteiger charge is -2.34. The standard InChI is InChI=1S/C19H24N4O4/c1-12(24)20-14-4-3-5-15(10-14)21-18(26)16-11-17(16)19(27)23-8-6-22(7-9-23)13(2)25/h3-5,10,16-17H,6-9,11H2,1-2H3,(H,20,24)(H,21,26). The van der Waals surface area contributed by atoms with Gasteiger partial charge in [0.2, 0.25) is 23.6 Å². The minimum absolute atomic E-state index is 0.00894. The molecule has 144 valence electrons. The highest BCUT2D eigenvalue weighted by atomic mass is 16.2. The first-order valence-corrected chi connectivity index (χ1v) is 9.08. The van der Waals surface area contributed by atoms with E-state index in [0.717, 1.165) is 0 Å². The summed E-state index contributed by atoms with van der Waals surface area (Å²) in [5.41, 5.74) is 1.19. The number of amides is 4. The average molecular weight is 372 g/mol. The van der Waals surface area contributed by atoms with E-state index in [1.165, 1.54) is 13.8 Å². The molecule has 0 spiro atoms. The SMILES string of the molecule is CC(=O)Nc1cccc(NC(=O)C2CC2C(=O)N2CCN(C(C)=O)CC2)c1. The van der Waals surface area contributed by atoms with E-state index < -0.39 is 0 Å². The second kappa shape index (κ2) is 7.77. The number of carbonyl (C=O) groups is 4. The van der Waals surface area contributed by atoms with Crippen molar-refractivity contribution >= 4 is 35.0 Å². The molecule has 1 aliphatic heterocycles. The van der Waals surface area contributed by atoms with E-state index >= 15 is 0 Å². The fourth-order valence-corrected chi connectivity index (χ4v) is 3.35. The van der Waals surface area contributed by atoms with Gasteiger partial charge in [0.05, 0.1) is 11.8 Å². The summed E-state index contributed by atoms with van der Waals surface area (Å²) in [4.78, 5) is 51.0. The van der Waals surface area contributed by atoms with Crippen LogP contribution in [0.1, 0.15) is 20.3 Å². The Hall–Kier alpha value is -2.90. The van der Waals surface area contributed by atoms with Gasteiger partial charge in [0.25, 0.3) is 0 Å². The molecule has 8 heteroatoms. The second-order valence-electron chi connectivity index (χ2n) is 7.03. The van der Waals surface area contributed by atoms with Crippen molar-refractivity contribution in [3.05, 3.63) is 24.3 Å². The molecular formula is C19H24N4O4. The predicted molar refractivity (Wildman–Crippen MR) is 99.8 cm³/mol. The van der Waals surface area contributed by atoms with Gasteiger partial charge in [-0.05, 0) is 24.6 Å². The third-order valence-electron chi connectivity index (χ3n) is 4.93. The summed E-state index contributed by atoms with van der Waals surface area (Å²) in [6.07, 6.45) is 0.545.